The molecule has 0 unspecified atom stereocenters. The number of carbonyl (C=O) groups excluding carboxylic acids is 2. The molecule has 138 valence electrons. The van der Waals surface area contributed by atoms with Crippen molar-refractivity contribution in [1.82, 2.24) is 14.8 Å². The molecule has 2 fully saturated rings. The Bertz CT molecular complexity index is 881. The molecular formula is C18H20Cl2N4O2. The summed E-state index contributed by atoms with van der Waals surface area (Å²) in [6.07, 6.45) is 1.53. The highest BCUT2D eigenvalue weighted by Crippen LogP contribution is 2.32. The SMILES string of the molecule is N[C@@H]1CCN(C(=O)[C@@H]2CCN(C(=O)c3cc4c(Cl)c(Cl)ccc4[nH]3)C2)C1. The molecule has 2 amide bonds. The van der Waals surface area contributed by atoms with Crippen LogP contribution in [0.4, 0.5) is 0 Å². The minimum Gasteiger partial charge on any atom is -0.350 e. The highest BCUT2D eigenvalue weighted by Gasteiger charge is 2.36. The molecule has 2 aliphatic heterocycles. The molecule has 2 aromatic rings. The summed E-state index contributed by atoms with van der Waals surface area (Å²) in [7, 11) is 0. The second-order valence-corrected chi connectivity index (χ2v) is 7.86. The van der Waals surface area contributed by atoms with Gasteiger partial charge < -0.3 is 20.5 Å². The molecule has 1 aromatic heterocycles. The van der Waals surface area contributed by atoms with E-state index < -0.39 is 0 Å². The summed E-state index contributed by atoms with van der Waals surface area (Å²) in [5.41, 5.74) is 7.11. The number of nitrogens with zero attached hydrogens (tertiary/aromatic N) is 2. The van der Waals surface area contributed by atoms with Crippen LogP contribution in [-0.4, -0.2) is 58.8 Å². The Labute approximate surface area is 161 Å². The van der Waals surface area contributed by atoms with Crippen LogP contribution in [0.1, 0.15) is 23.3 Å². The lowest BCUT2D eigenvalue weighted by Gasteiger charge is -2.20. The van der Waals surface area contributed by atoms with Crippen LogP contribution in [0.2, 0.25) is 10.0 Å². The monoisotopic (exact) mass is 394 g/mol. The smallest absolute Gasteiger partial charge is 0.270 e. The first-order valence-corrected chi connectivity index (χ1v) is 9.50. The van der Waals surface area contributed by atoms with Gasteiger partial charge in [0.1, 0.15) is 5.69 Å². The molecule has 3 heterocycles. The minimum absolute atomic E-state index is 0.0704. The largest absolute Gasteiger partial charge is 0.350 e. The first kappa shape index (κ1) is 17.6. The molecule has 4 rings (SSSR count). The van der Waals surface area contributed by atoms with E-state index in [0.717, 1.165) is 17.3 Å². The first-order valence-electron chi connectivity index (χ1n) is 8.74. The van der Waals surface area contributed by atoms with E-state index in [0.29, 0.717) is 48.3 Å². The number of nitrogens with one attached hydrogen (secondary N) is 1. The van der Waals surface area contributed by atoms with Crippen molar-refractivity contribution in [1.29, 1.82) is 0 Å². The summed E-state index contributed by atoms with van der Waals surface area (Å²) >= 11 is 12.3. The van der Waals surface area contributed by atoms with Crippen LogP contribution >= 0.6 is 23.2 Å². The zero-order chi connectivity index (χ0) is 18.4. The van der Waals surface area contributed by atoms with Gasteiger partial charge in [-0.1, -0.05) is 23.2 Å². The lowest BCUT2D eigenvalue weighted by Crippen LogP contribution is -2.38. The van der Waals surface area contributed by atoms with Gasteiger partial charge in [-0.25, -0.2) is 0 Å². The van der Waals surface area contributed by atoms with Crippen molar-refractivity contribution >= 4 is 45.9 Å². The van der Waals surface area contributed by atoms with Crippen LogP contribution in [0.25, 0.3) is 10.9 Å². The number of rotatable bonds is 2. The summed E-state index contributed by atoms with van der Waals surface area (Å²) in [6, 6.07) is 5.29. The number of aromatic nitrogens is 1. The molecule has 8 heteroatoms. The molecule has 0 aliphatic carbocycles. The van der Waals surface area contributed by atoms with Crippen LogP contribution in [0.15, 0.2) is 18.2 Å². The Hall–Kier alpha value is -1.76. The number of hydrogen-bond donors (Lipinski definition) is 2. The predicted octanol–water partition coefficient (Wildman–Crippen LogP) is 2.50. The van der Waals surface area contributed by atoms with Crippen LogP contribution in [0.5, 0.6) is 0 Å². The van der Waals surface area contributed by atoms with Gasteiger partial charge in [-0.2, -0.15) is 0 Å². The summed E-state index contributed by atoms with van der Waals surface area (Å²) in [6.45, 7) is 2.34. The molecule has 2 aliphatic rings. The molecule has 6 nitrogen and oxygen atoms in total. The molecule has 0 radical (unpaired) electrons. The molecular weight excluding hydrogens is 375 g/mol. The fraction of sp³-hybridized carbons (Fsp3) is 0.444. The molecule has 0 bridgehead atoms. The van der Waals surface area contributed by atoms with Crippen molar-refractivity contribution in [2.24, 2.45) is 11.7 Å². The van der Waals surface area contributed by atoms with Crippen LogP contribution < -0.4 is 5.73 Å². The fourth-order valence-corrected chi connectivity index (χ4v) is 4.20. The maximum Gasteiger partial charge on any atom is 0.270 e. The number of H-pyrrole nitrogens is 1. The van der Waals surface area contributed by atoms with Gasteiger partial charge in [0.25, 0.3) is 5.91 Å². The normalized spacial score (nSPS) is 23.2. The van der Waals surface area contributed by atoms with E-state index in [1.54, 1.807) is 23.1 Å². The average molecular weight is 395 g/mol. The van der Waals surface area contributed by atoms with Gasteiger partial charge in [-0.15, -0.1) is 0 Å². The van der Waals surface area contributed by atoms with Crippen molar-refractivity contribution in [3.8, 4) is 0 Å². The number of likely N-dealkylation sites (tertiary alicyclic amines) is 2. The molecule has 3 N–H and O–H groups in total. The highest BCUT2D eigenvalue weighted by atomic mass is 35.5. The van der Waals surface area contributed by atoms with Crippen LogP contribution in [0, 0.1) is 5.92 Å². The Morgan fingerprint density at radius 2 is 1.88 bits per heavy atom. The first-order chi connectivity index (χ1) is 12.4. The number of hydrogen-bond acceptors (Lipinski definition) is 3. The van der Waals surface area contributed by atoms with Gasteiger partial charge in [-0.05, 0) is 31.0 Å². The van der Waals surface area contributed by atoms with Crippen molar-refractivity contribution in [2.45, 2.75) is 18.9 Å². The van der Waals surface area contributed by atoms with E-state index in [9.17, 15) is 9.59 Å². The van der Waals surface area contributed by atoms with Crippen molar-refractivity contribution < 1.29 is 9.59 Å². The summed E-state index contributed by atoms with van der Waals surface area (Å²) in [4.78, 5) is 32.1. The average Bonchev–Trinajstić information content (AvgIpc) is 3.36. The Morgan fingerprint density at radius 3 is 2.62 bits per heavy atom. The second kappa shape index (κ2) is 6.76. The van der Waals surface area contributed by atoms with Gasteiger partial charge in [0.2, 0.25) is 5.91 Å². The van der Waals surface area contributed by atoms with E-state index in [1.807, 2.05) is 4.90 Å². The lowest BCUT2D eigenvalue weighted by molar-refractivity contribution is -0.134. The number of carbonyl (C=O) groups is 2. The number of nitrogens with two attached hydrogens (primary N) is 1. The third-order valence-corrected chi connectivity index (χ3v) is 6.10. The fourth-order valence-electron chi connectivity index (χ4n) is 3.82. The summed E-state index contributed by atoms with van der Waals surface area (Å²) in [5.74, 6) is -0.159. The van der Waals surface area contributed by atoms with Crippen LogP contribution in [-0.2, 0) is 4.79 Å². The summed E-state index contributed by atoms with van der Waals surface area (Å²) in [5, 5.41) is 1.60. The van der Waals surface area contributed by atoms with Gasteiger partial charge >= 0.3 is 0 Å². The molecule has 26 heavy (non-hydrogen) atoms. The van der Waals surface area contributed by atoms with Crippen LogP contribution in [0.3, 0.4) is 0 Å². The van der Waals surface area contributed by atoms with Crippen molar-refractivity contribution in [3.05, 3.63) is 33.9 Å². The Balaban J connectivity index is 1.48. The number of halogens is 2. The summed E-state index contributed by atoms with van der Waals surface area (Å²) < 4.78 is 0. The number of aromatic amines is 1. The predicted molar refractivity (Wildman–Crippen MR) is 102 cm³/mol. The maximum atomic E-state index is 12.8. The van der Waals surface area contributed by atoms with Crippen molar-refractivity contribution in [2.75, 3.05) is 26.2 Å². The molecule has 0 saturated carbocycles. The topological polar surface area (TPSA) is 82.4 Å². The lowest BCUT2D eigenvalue weighted by atomic mass is 10.1. The Morgan fingerprint density at radius 1 is 1.12 bits per heavy atom. The van der Waals surface area contributed by atoms with Gasteiger partial charge in [0.05, 0.1) is 16.0 Å². The molecule has 0 spiro atoms. The Kier molecular flexibility index (Phi) is 4.59. The van der Waals surface area contributed by atoms with Crippen molar-refractivity contribution in [3.63, 3.8) is 0 Å². The minimum atomic E-state index is -0.147. The van der Waals surface area contributed by atoms with E-state index >= 15 is 0 Å². The third-order valence-electron chi connectivity index (χ3n) is 5.28. The maximum absolute atomic E-state index is 12.8. The zero-order valence-electron chi connectivity index (χ0n) is 14.2. The molecule has 2 saturated heterocycles. The third kappa shape index (κ3) is 3.06. The zero-order valence-corrected chi connectivity index (χ0v) is 15.7. The highest BCUT2D eigenvalue weighted by molar-refractivity contribution is 6.45. The molecule has 1 aromatic carbocycles. The second-order valence-electron chi connectivity index (χ2n) is 7.08. The molecule has 2 atom stereocenters. The number of benzene rings is 1. The van der Waals surface area contributed by atoms with E-state index in [1.165, 1.54) is 0 Å². The standard InChI is InChI=1S/C18H20Cl2N4O2/c19-13-1-2-14-12(16(13)20)7-15(22-14)18(26)23-5-3-10(8-23)17(25)24-6-4-11(21)9-24/h1-2,7,10-11,22H,3-6,8-9,21H2/t10-,11-/m1/s1. The number of fused-ring (bicyclic) bond motifs is 1. The van der Waals surface area contributed by atoms with E-state index in [-0.39, 0.29) is 23.8 Å². The number of amides is 2. The van der Waals surface area contributed by atoms with E-state index in [2.05, 4.69) is 4.98 Å². The van der Waals surface area contributed by atoms with Gasteiger partial charge in [-0.3, -0.25) is 9.59 Å². The quantitative estimate of drug-likeness (QED) is 0.820. The van der Waals surface area contributed by atoms with Gasteiger partial charge in [0.15, 0.2) is 0 Å². The van der Waals surface area contributed by atoms with E-state index in [4.69, 9.17) is 28.9 Å². The van der Waals surface area contributed by atoms with Gasteiger partial charge in [0, 0.05) is 43.1 Å².